The predicted molar refractivity (Wildman–Crippen MR) is 57.2 cm³/mol. The van der Waals surface area contributed by atoms with Crippen LogP contribution in [0.3, 0.4) is 0 Å². The number of ether oxygens (including phenoxy) is 1. The first-order chi connectivity index (χ1) is 7.09. The molecular formula is C12H17FO2. The Morgan fingerprint density at radius 1 is 1.47 bits per heavy atom. The second-order valence-corrected chi connectivity index (χ2v) is 3.94. The van der Waals surface area contributed by atoms with Gasteiger partial charge in [-0.1, -0.05) is 12.1 Å². The molecule has 2 nitrogen and oxygen atoms in total. The molecule has 0 fully saturated rings. The van der Waals surface area contributed by atoms with Crippen LogP contribution in [0.2, 0.25) is 0 Å². The third-order valence-electron chi connectivity index (χ3n) is 2.66. The lowest BCUT2D eigenvalue weighted by Gasteiger charge is -2.25. The molecule has 1 aromatic rings. The molecule has 0 saturated heterocycles. The Bertz CT molecular complexity index is 308. The number of benzene rings is 1. The van der Waals surface area contributed by atoms with Gasteiger partial charge in [0.05, 0.1) is 12.2 Å². The molecule has 0 bridgehead atoms. The predicted octanol–water partition coefficient (Wildman–Crippen LogP) is 2.16. The third kappa shape index (κ3) is 3.61. The van der Waals surface area contributed by atoms with Gasteiger partial charge in [-0.3, -0.25) is 0 Å². The van der Waals surface area contributed by atoms with Crippen molar-refractivity contribution in [2.24, 2.45) is 0 Å². The molecular weight excluding hydrogens is 195 g/mol. The van der Waals surface area contributed by atoms with E-state index >= 15 is 0 Å². The average Bonchev–Trinajstić information content (AvgIpc) is 2.26. The highest BCUT2D eigenvalue weighted by Crippen LogP contribution is 2.17. The van der Waals surface area contributed by atoms with Crippen LogP contribution in [0.1, 0.15) is 18.9 Å². The zero-order valence-corrected chi connectivity index (χ0v) is 9.16. The number of halogens is 1. The molecule has 0 radical (unpaired) electrons. The fourth-order valence-corrected chi connectivity index (χ4v) is 1.35. The topological polar surface area (TPSA) is 29.5 Å². The van der Waals surface area contributed by atoms with Gasteiger partial charge >= 0.3 is 0 Å². The number of methoxy groups -OCH3 is 1. The van der Waals surface area contributed by atoms with Crippen LogP contribution in [-0.2, 0) is 11.2 Å². The van der Waals surface area contributed by atoms with Gasteiger partial charge in [-0.2, -0.15) is 0 Å². The summed E-state index contributed by atoms with van der Waals surface area (Å²) in [6, 6.07) is 6.49. The first kappa shape index (κ1) is 12.1. The molecule has 1 rings (SSSR count). The third-order valence-corrected chi connectivity index (χ3v) is 2.66. The fourth-order valence-electron chi connectivity index (χ4n) is 1.35. The van der Waals surface area contributed by atoms with Crippen LogP contribution in [0, 0.1) is 5.82 Å². The minimum Gasteiger partial charge on any atom is -0.393 e. The summed E-state index contributed by atoms with van der Waals surface area (Å²) in [4.78, 5) is 0. The minimum absolute atomic E-state index is 0.0290. The molecule has 0 spiro atoms. The van der Waals surface area contributed by atoms with Crippen molar-refractivity contribution < 1.29 is 14.2 Å². The normalized spacial score (nSPS) is 14.9. The van der Waals surface area contributed by atoms with E-state index in [9.17, 15) is 4.39 Å². The molecule has 1 atom stereocenters. The van der Waals surface area contributed by atoms with E-state index in [0.29, 0.717) is 12.8 Å². The van der Waals surface area contributed by atoms with Gasteiger partial charge in [-0.15, -0.1) is 0 Å². The smallest absolute Gasteiger partial charge is 0.123 e. The lowest BCUT2D eigenvalue weighted by Crippen LogP contribution is -2.32. The van der Waals surface area contributed by atoms with E-state index in [1.54, 1.807) is 13.2 Å². The van der Waals surface area contributed by atoms with E-state index in [1.165, 1.54) is 12.1 Å². The Hall–Kier alpha value is -0.930. The maximum atomic E-state index is 12.9. The lowest BCUT2D eigenvalue weighted by molar-refractivity contribution is -0.0429. The molecule has 0 aromatic heterocycles. The van der Waals surface area contributed by atoms with E-state index in [0.717, 1.165) is 5.56 Å². The highest BCUT2D eigenvalue weighted by atomic mass is 19.1. The molecule has 0 aliphatic heterocycles. The van der Waals surface area contributed by atoms with Crippen LogP contribution >= 0.6 is 0 Å². The molecule has 0 amide bonds. The first-order valence-corrected chi connectivity index (χ1v) is 5.00. The van der Waals surface area contributed by atoms with Gasteiger partial charge in [-0.05, 0) is 37.5 Å². The molecule has 15 heavy (non-hydrogen) atoms. The molecule has 1 unspecified atom stereocenters. The molecule has 3 heteroatoms. The highest BCUT2D eigenvalue weighted by molar-refractivity contribution is 5.16. The van der Waals surface area contributed by atoms with Crippen LogP contribution in [0.25, 0.3) is 0 Å². The van der Waals surface area contributed by atoms with Crippen molar-refractivity contribution in [2.75, 3.05) is 13.7 Å². The molecule has 0 saturated carbocycles. The SMILES string of the molecule is COC(C)(CO)CCc1cccc(F)c1. The van der Waals surface area contributed by atoms with E-state index < -0.39 is 5.60 Å². The van der Waals surface area contributed by atoms with Crippen molar-refractivity contribution in [1.29, 1.82) is 0 Å². The Balaban J connectivity index is 2.56. The largest absolute Gasteiger partial charge is 0.393 e. The van der Waals surface area contributed by atoms with Crippen molar-refractivity contribution in [3.05, 3.63) is 35.6 Å². The van der Waals surface area contributed by atoms with E-state index in [-0.39, 0.29) is 12.4 Å². The van der Waals surface area contributed by atoms with Crippen LogP contribution in [0.15, 0.2) is 24.3 Å². The zero-order chi connectivity index (χ0) is 11.3. The fraction of sp³-hybridized carbons (Fsp3) is 0.500. The molecule has 0 aliphatic carbocycles. The summed E-state index contributed by atoms with van der Waals surface area (Å²) in [5.41, 5.74) is 0.387. The van der Waals surface area contributed by atoms with Gasteiger partial charge in [0.1, 0.15) is 5.82 Å². The first-order valence-electron chi connectivity index (χ1n) is 5.00. The summed E-state index contributed by atoms with van der Waals surface area (Å²) >= 11 is 0. The maximum absolute atomic E-state index is 12.9. The number of aryl methyl sites for hydroxylation is 1. The quantitative estimate of drug-likeness (QED) is 0.810. The van der Waals surface area contributed by atoms with Crippen LogP contribution in [0.5, 0.6) is 0 Å². The zero-order valence-electron chi connectivity index (χ0n) is 9.16. The summed E-state index contributed by atoms with van der Waals surface area (Å²) in [5, 5.41) is 9.12. The number of rotatable bonds is 5. The number of aliphatic hydroxyl groups excluding tert-OH is 1. The standard InChI is InChI=1S/C12H17FO2/c1-12(9-14,15-2)7-6-10-4-3-5-11(13)8-10/h3-5,8,14H,6-7,9H2,1-2H3. The second kappa shape index (κ2) is 5.24. The van der Waals surface area contributed by atoms with Gasteiger partial charge < -0.3 is 9.84 Å². The summed E-state index contributed by atoms with van der Waals surface area (Å²) in [6.45, 7) is 1.81. The van der Waals surface area contributed by atoms with Gasteiger partial charge in [-0.25, -0.2) is 4.39 Å². The summed E-state index contributed by atoms with van der Waals surface area (Å²) in [5.74, 6) is -0.226. The number of hydrogen-bond acceptors (Lipinski definition) is 2. The number of aliphatic hydroxyl groups is 1. The summed E-state index contributed by atoms with van der Waals surface area (Å²) in [6.07, 6.45) is 1.37. The van der Waals surface area contributed by atoms with Crippen LogP contribution < -0.4 is 0 Å². The van der Waals surface area contributed by atoms with Gasteiger partial charge in [0.15, 0.2) is 0 Å². The number of hydrogen-bond donors (Lipinski definition) is 1. The van der Waals surface area contributed by atoms with Crippen molar-refractivity contribution >= 4 is 0 Å². The Morgan fingerprint density at radius 2 is 2.20 bits per heavy atom. The summed E-state index contributed by atoms with van der Waals surface area (Å²) < 4.78 is 18.1. The van der Waals surface area contributed by atoms with E-state index in [4.69, 9.17) is 9.84 Å². The van der Waals surface area contributed by atoms with Crippen molar-refractivity contribution in [3.63, 3.8) is 0 Å². The molecule has 1 N–H and O–H groups in total. The monoisotopic (exact) mass is 212 g/mol. The summed E-state index contributed by atoms with van der Waals surface area (Å²) in [7, 11) is 1.57. The Morgan fingerprint density at radius 3 is 2.73 bits per heavy atom. The van der Waals surface area contributed by atoms with Crippen LogP contribution in [-0.4, -0.2) is 24.4 Å². The Labute approximate surface area is 89.7 Å². The Kier molecular flexibility index (Phi) is 4.24. The van der Waals surface area contributed by atoms with Gasteiger partial charge in [0.25, 0.3) is 0 Å². The minimum atomic E-state index is -0.535. The van der Waals surface area contributed by atoms with Gasteiger partial charge in [0.2, 0.25) is 0 Å². The van der Waals surface area contributed by atoms with Crippen molar-refractivity contribution in [1.82, 2.24) is 0 Å². The second-order valence-electron chi connectivity index (χ2n) is 3.94. The molecule has 84 valence electrons. The highest BCUT2D eigenvalue weighted by Gasteiger charge is 2.21. The van der Waals surface area contributed by atoms with E-state index in [2.05, 4.69) is 0 Å². The van der Waals surface area contributed by atoms with E-state index in [1.807, 2.05) is 13.0 Å². The van der Waals surface area contributed by atoms with Crippen LogP contribution in [0.4, 0.5) is 4.39 Å². The van der Waals surface area contributed by atoms with Crippen molar-refractivity contribution in [3.8, 4) is 0 Å². The molecule has 0 aliphatic rings. The molecule has 0 heterocycles. The van der Waals surface area contributed by atoms with Gasteiger partial charge in [0, 0.05) is 7.11 Å². The maximum Gasteiger partial charge on any atom is 0.123 e. The molecule has 1 aromatic carbocycles. The van der Waals surface area contributed by atoms with Crippen molar-refractivity contribution in [2.45, 2.75) is 25.4 Å². The average molecular weight is 212 g/mol. The lowest BCUT2D eigenvalue weighted by atomic mass is 9.97.